The molecule has 1 unspecified atom stereocenters. The maximum Gasteiger partial charge on any atom is 0.263 e. The van der Waals surface area contributed by atoms with Crippen LogP contribution in [-0.4, -0.2) is 27.4 Å². The van der Waals surface area contributed by atoms with E-state index in [1.165, 1.54) is 22.2 Å². The van der Waals surface area contributed by atoms with Gasteiger partial charge in [-0.05, 0) is 25.0 Å². The third-order valence-electron chi connectivity index (χ3n) is 5.49. The molecule has 6 heteroatoms. The normalized spacial score (nSPS) is 12.1. The second kappa shape index (κ2) is 8.24. The minimum Gasteiger partial charge on any atom is -0.337 e. The Labute approximate surface area is 179 Å². The fraction of sp³-hybridized carbons (Fsp3) is 0.208. The van der Waals surface area contributed by atoms with Gasteiger partial charge in [-0.1, -0.05) is 60.2 Å². The van der Waals surface area contributed by atoms with Crippen LogP contribution in [0.2, 0.25) is 0 Å². The molecule has 0 aliphatic rings. The predicted octanol–water partition coefficient (Wildman–Crippen LogP) is 4.65. The second-order valence-electron chi connectivity index (χ2n) is 7.46. The SMILES string of the molecule is Cc1ccc(-c2csc3ncn(CC(=O)N(C)C(C)c4ccccc4)c(=O)c23)cc1. The van der Waals surface area contributed by atoms with Crippen molar-refractivity contribution >= 4 is 27.5 Å². The highest BCUT2D eigenvalue weighted by molar-refractivity contribution is 7.17. The molecule has 5 nitrogen and oxygen atoms in total. The third-order valence-corrected chi connectivity index (χ3v) is 6.37. The number of fused-ring (bicyclic) bond motifs is 1. The number of hydrogen-bond donors (Lipinski definition) is 0. The highest BCUT2D eigenvalue weighted by Gasteiger charge is 2.20. The highest BCUT2D eigenvalue weighted by atomic mass is 32.1. The number of carbonyl (C=O) groups is 1. The van der Waals surface area contributed by atoms with E-state index in [9.17, 15) is 9.59 Å². The van der Waals surface area contributed by atoms with Gasteiger partial charge in [-0.25, -0.2) is 4.98 Å². The van der Waals surface area contributed by atoms with Crippen molar-refractivity contribution < 1.29 is 4.79 Å². The van der Waals surface area contributed by atoms with E-state index in [1.54, 1.807) is 11.9 Å². The van der Waals surface area contributed by atoms with Gasteiger partial charge < -0.3 is 4.90 Å². The van der Waals surface area contributed by atoms with E-state index in [4.69, 9.17) is 0 Å². The number of thiophene rings is 1. The molecule has 30 heavy (non-hydrogen) atoms. The summed E-state index contributed by atoms with van der Waals surface area (Å²) in [7, 11) is 1.76. The summed E-state index contributed by atoms with van der Waals surface area (Å²) in [6, 6.07) is 17.8. The van der Waals surface area contributed by atoms with Crippen LogP contribution in [0.25, 0.3) is 21.3 Å². The van der Waals surface area contributed by atoms with Gasteiger partial charge in [0.05, 0.1) is 17.8 Å². The van der Waals surface area contributed by atoms with E-state index in [1.807, 2.05) is 73.8 Å². The van der Waals surface area contributed by atoms with Crippen LogP contribution in [0.3, 0.4) is 0 Å². The van der Waals surface area contributed by atoms with Gasteiger partial charge in [0.1, 0.15) is 11.4 Å². The Morgan fingerprint density at radius 1 is 1.13 bits per heavy atom. The van der Waals surface area contributed by atoms with Crippen LogP contribution in [0.4, 0.5) is 0 Å². The standard InChI is InChI=1S/C24H23N3O2S/c1-16-9-11-19(12-10-16)20-14-30-23-22(20)24(29)27(15-25-23)13-21(28)26(3)17(2)18-7-5-4-6-8-18/h4-12,14-15,17H,13H2,1-3H3. The quantitative estimate of drug-likeness (QED) is 0.475. The van der Waals surface area contributed by atoms with E-state index in [2.05, 4.69) is 4.98 Å². The molecule has 0 saturated heterocycles. The van der Waals surface area contributed by atoms with Crippen LogP contribution in [0, 0.1) is 6.92 Å². The summed E-state index contributed by atoms with van der Waals surface area (Å²) in [5.74, 6) is -0.137. The summed E-state index contributed by atoms with van der Waals surface area (Å²) >= 11 is 1.44. The van der Waals surface area contributed by atoms with E-state index in [0.717, 1.165) is 22.3 Å². The summed E-state index contributed by atoms with van der Waals surface area (Å²) in [4.78, 5) is 32.9. The van der Waals surface area contributed by atoms with Crippen LogP contribution >= 0.6 is 11.3 Å². The summed E-state index contributed by atoms with van der Waals surface area (Å²) in [5.41, 5.74) is 3.86. The van der Waals surface area contributed by atoms with Gasteiger partial charge in [0.25, 0.3) is 5.56 Å². The number of aromatic nitrogens is 2. The summed E-state index contributed by atoms with van der Waals surface area (Å²) in [5, 5.41) is 2.53. The van der Waals surface area contributed by atoms with Gasteiger partial charge in [-0.15, -0.1) is 11.3 Å². The van der Waals surface area contributed by atoms with Crippen molar-refractivity contribution in [3.8, 4) is 11.1 Å². The number of amides is 1. The number of benzene rings is 2. The lowest BCUT2D eigenvalue weighted by molar-refractivity contribution is -0.132. The maximum absolute atomic E-state index is 13.2. The molecular formula is C24H23N3O2S. The zero-order valence-corrected chi connectivity index (χ0v) is 18.0. The molecule has 2 aromatic carbocycles. The molecule has 1 atom stereocenters. The first-order valence-electron chi connectivity index (χ1n) is 9.80. The van der Waals surface area contributed by atoms with Crippen molar-refractivity contribution in [2.75, 3.05) is 7.05 Å². The number of nitrogens with zero attached hydrogens (tertiary/aromatic N) is 3. The van der Waals surface area contributed by atoms with Gasteiger partial charge >= 0.3 is 0 Å². The Bertz CT molecular complexity index is 1240. The molecule has 0 N–H and O–H groups in total. The Morgan fingerprint density at radius 3 is 2.53 bits per heavy atom. The Balaban J connectivity index is 1.64. The zero-order chi connectivity index (χ0) is 21.3. The molecule has 0 saturated carbocycles. The molecular weight excluding hydrogens is 394 g/mol. The van der Waals surface area contributed by atoms with E-state index in [0.29, 0.717) is 10.2 Å². The number of likely N-dealkylation sites (N-methyl/N-ethyl adjacent to an activating group) is 1. The molecule has 4 aromatic rings. The average molecular weight is 418 g/mol. The summed E-state index contributed by atoms with van der Waals surface area (Å²) < 4.78 is 1.41. The van der Waals surface area contributed by atoms with Crippen molar-refractivity contribution in [3.05, 3.63) is 87.8 Å². The Hall–Kier alpha value is -3.25. The number of aryl methyl sites for hydroxylation is 1. The Kier molecular flexibility index (Phi) is 5.50. The molecule has 0 spiro atoms. The minimum atomic E-state index is -0.189. The monoisotopic (exact) mass is 417 g/mol. The number of rotatable bonds is 5. The maximum atomic E-state index is 13.2. The first-order chi connectivity index (χ1) is 14.5. The van der Waals surface area contributed by atoms with Gasteiger partial charge in [0, 0.05) is 18.0 Å². The molecule has 2 heterocycles. The fourth-order valence-electron chi connectivity index (χ4n) is 3.45. The smallest absolute Gasteiger partial charge is 0.263 e. The van der Waals surface area contributed by atoms with Gasteiger partial charge in [-0.2, -0.15) is 0 Å². The van der Waals surface area contributed by atoms with Crippen LogP contribution in [0.1, 0.15) is 24.1 Å². The molecule has 0 bridgehead atoms. The lowest BCUT2D eigenvalue weighted by atomic mass is 10.1. The molecule has 4 rings (SSSR count). The minimum absolute atomic E-state index is 0.0430. The first-order valence-corrected chi connectivity index (χ1v) is 10.7. The van der Waals surface area contributed by atoms with Crippen molar-refractivity contribution in [1.82, 2.24) is 14.5 Å². The third kappa shape index (κ3) is 3.78. The fourth-order valence-corrected chi connectivity index (χ4v) is 4.36. The van der Waals surface area contributed by atoms with Crippen LogP contribution < -0.4 is 5.56 Å². The van der Waals surface area contributed by atoms with Crippen LogP contribution in [-0.2, 0) is 11.3 Å². The van der Waals surface area contributed by atoms with Crippen molar-refractivity contribution in [3.63, 3.8) is 0 Å². The van der Waals surface area contributed by atoms with Gasteiger partial charge in [0.2, 0.25) is 5.91 Å². The van der Waals surface area contributed by atoms with Gasteiger partial charge in [0.15, 0.2) is 0 Å². The predicted molar refractivity (Wildman–Crippen MR) is 122 cm³/mol. The number of hydrogen-bond acceptors (Lipinski definition) is 4. The van der Waals surface area contributed by atoms with Crippen molar-refractivity contribution in [2.24, 2.45) is 0 Å². The second-order valence-corrected chi connectivity index (χ2v) is 8.32. The summed E-state index contributed by atoms with van der Waals surface area (Å²) in [6.07, 6.45) is 1.47. The van der Waals surface area contributed by atoms with E-state index in [-0.39, 0.29) is 24.1 Å². The number of carbonyl (C=O) groups excluding carboxylic acids is 1. The van der Waals surface area contributed by atoms with Crippen LogP contribution in [0.15, 0.2) is 71.1 Å². The average Bonchev–Trinajstić information content (AvgIpc) is 3.20. The largest absolute Gasteiger partial charge is 0.337 e. The van der Waals surface area contributed by atoms with E-state index >= 15 is 0 Å². The molecule has 0 fully saturated rings. The highest BCUT2D eigenvalue weighted by Crippen LogP contribution is 2.30. The first kappa shape index (κ1) is 20.0. The molecule has 1 amide bonds. The lowest BCUT2D eigenvalue weighted by Crippen LogP contribution is -2.35. The van der Waals surface area contributed by atoms with Crippen LogP contribution in [0.5, 0.6) is 0 Å². The van der Waals surface area contributed by atoms with Crippen molar-refractivity contribution in [2.45, 2.75) is 26.4 Å². The van der Waals surface area contributed by atoms with E-state index < -0.39 is 0 Å². The molecule has 0 aliphatic heterocycles. The summed E-state index contributed by atoms with van der Waals surface area (Å²) in [6.45, 7) is 3.97. The van der Waals surface area contributed by atoms with Gasteiger partial charge in [-0.3, -0.25) is 14.2 Å². The topological polar surface area (TPSA) is 55.2 Å². The molecule has 0 radical (unpaired) electrons. The Morgan fingerprint density at radius 2 is 1.83 bits per heavy atom. The molecule has 2 aromatic heterocycles. The molecule has 152 valence electrons. The van der Waals surface area contributed by atoms with Crippen molar-refractivity contribution in [1.29, 1.82) is 0 Å². The lowest BCUT2D eigenvalue weighted by Gasteiger charge is -2.25. The zero-order valence-electron chi connectivity index (χ0n) is 17.2. The molecule has 0 aliphatic carbocycles.